The Balaban J connectivity index is 2.00. The zero-order chi connectivity index (χ0) is 15.0. The molecule has 6 rings (SSSR count). The quantitative estimate of drug-likeness (QED) is 0.328. The first-order chi connectivity index (χ1) is 11.4. The maximum Gasteiger partial charge on any atom is 0.0626 e. The largest absolute Gasteiger partial charge is 0.308 e. The number of hydrogen-bond donors (Lipinski definition) is 0. The van der Waals surface area contributed by atoms with Crippen molar-refractivity contribution >= 4 is 27.2 Å². The summed E-state index contributed by atoms with van der Waals surface area (Å²) in [5.74, 6) is 0. The van der Waals surface area contributed by atoms with Gasteiger partial charge < -0.3 is 4.40 Å². The standard InChI is InChI=1S/C22H13N/c1-4-11-19-14(6-1)12-13-20-18-10-5-9-16-15-7-2-3-8-17(15)22(21(16)18)23(19)20/h1-13H. The lowest BCUT2D eigenvalue weighted by atomic mass is 10.0. The van der Waals surface area contributed by atoms with Crippen LogP contribution in [0.2, 0.25) is 0 Å². The maximum absolute atomic E-state index is 2.44. The molecular weight excluding hydrogens is 278 g/mol. The van der Waals surface area contributed by atoms with Crippen molar-refractivity contribution in [1.82, 2.24) is 4.40 Å². The monoisotopic (exact) mass is 291 g/mol. The molecule has 0 unspecified atom stereocenters. The molecule has 1 heteroatoms. The lowest BCUT2D eigenvalue weighted by Crippen LogP contribution is -1.90. The molecular formula is C22H13N. The molecule has 3 aromatic carbocycles. The lowest BCUT2D eigenvalue weighted by Gasteiger charge is -2.08. The van der Waals surface area contributed by atoms with Gasteiger partial charge >= 0.3 is 0 Å². The zero-order valence-electron chi connectivity index (χ0n) is 12.5. The van der Waals surface area contributed by atoms with Crippen molar-refractivity contribution in [3.63, 3.8) is 0 Å². The van der Waals surface area contributed by atoms with Gasteiger partial charge in [0.15, 0.2) is 0 Å². The SMILES string of the molecule is c1ccc2c(c1)-c1cccc3c1c-2n1c2ccccc2ccc31. The van der Waals surface area contributed by atoms with E-state index in [0.29, 0.717) is 0 Å². The lowest BCUT2D eigenvalue weighted by molar-refractivity contribution is 1.29. The fraction of sp³-hybridized carbons (Fsp3) is 0. The molecule has 0 amide bonds. The van der Waals surface area contributed by atoms with Crippen molar-refractivity contribution < 1.29 is 0 Å². The van der Waals surface area contributed by atoms with Crippen molar-refractivity contribution in [3.05, 3.63) is 78.9 Å². The Bertz CT molecular complexity index is 1260. The molecule has 0 saturated carbocycles. The summed E-state index contributed by atoms with van der Waals surface area (Å²) < 4.78 is 2.44. The van der Waals surface area contributed by atoms with Crippen LogP contribution in [0.25, 0.3) is 49.6 Å². The van der Waals surface area contributed by atoms with Crippen LogP contribution in [0.4, 0.5) is 0 Å². The highest BCUT2D eigenvalue weighted by atomic mass is 14.9. The second-order valence-electron chi connectivity index (χ2n) is 6.24. The van der Waals surface area contributed by atoms with E-state index in [1.165, 1.54) is 49.6 Å². The van der Waals surface area contributed by atoms with Gasteiger partial charge in [0, 0.05) is 16.3 Å². The molecule has 2 heterocycles. The van der Waals surface area contributed by atoms with E-state index in [9.17, 15) is 0 Å². The second kappa shape index (κ2) is 3.82. The average Bonchev–Trinajstić information content (AvgIpc) is 3.13. The Labute approximate surface area is 133 Å². The molecule has 1 aliphatic carbocycles. The van der Waals surface area contributed by atoms with E-state index in [1.807, 2.05) is 0 Å². The molecule has 0 radical (unpaired) electrons. The summed E-state index contributed by atoms with van der Waals surface area (Å²) in [4.78, 5) is 0. The minimum Gasteiger partial charge on any atom is -0.308 e. The number of benzene rings is 3. The number of pyridine rings is 1. The molecule has 0 atom stereocenters. The van der Waals surface area contributed by atoms with E-state index < -0.39 is 0 Å². The summed E-state index contributed by atoms with van der Waals surface area (Å²) in [6.45, 7) is 0. The van der Waals surface area contributed by atoms with E-state index in [-0.39, 0.29) is 0 Å². The van der Waals surface area contributed by atoms with Crippen LogP contribution in [0.15, 0.2) is 78.9 Å². The van der Waals surface area contributed by atoms with E-state index in [4.69, 9.17) is 0 Å². The van der Waals surface area contributed by atoms with Crippen molar-refractivity contribution in [2.24, 2.45) is 0 Å². The third-order valence-electron chi connectivity index (χ3n) is 5.11. The number of hydrogen-bond acceptors (Lipinski definition) is 0. The molecule has 0 spiro atoms. The van der Waals surface area contributed by atoms with Gasteiger partial charge in [-0.2, -0.15) is 0 Å². The smallest absolute Gasteiger partial charge is 0.0626 e. The van der Waals surface area contributed by atoms with Crippen LogP contribution in [0.5, 0.6) is 0 Å². The predicted molar refractivity (Wildman–Crippen MR) is 96.8 cm³/mol. The Morgan fingerprint density at radius 2 is 1.30 bits per heavy atom. The van der Waals surface area contributed by atoms with Crippen molar-refractivity contribution in [1.29, 1.82) is 0 Å². The molecule has 0 bridgehead atoms. The highest BCUT2D eigenvalue weighted by Gasteiger charge is 2.26. The van der Waals surface area contributed by atoms with E-state index >= 15 is 0 Å². The fourth-order valence-electron chi connectivity index (χ4n) is 4.19. The highest BCUT2D eigenvalue weighted by molar-refractivity contribution is 6.21. The van der Waals surface area contributed by atoms with Gasteiger partial charge in [-0.1, -0.05) is 66.7 Å². The molecule has 0 N–H and O–H groups in total. The van der Waals surface area contributed by atoms with Crippen LogP contribution in [0, 0.1) is 0 Å². The minimum atomic E-state index is 1.28. The summed E-state index contributed by atoms with van der Waals surface area (Å²) in [6.07, 6.45) is 0. The normalized spacial score (nSPS) is 12.3. The van der Waals surface area contributed by atoms with E-state index in [2.05, 4.69) is 83.3 Å². The number of rotatable bonds is 0. The molecule has 0 saturated heterocycles. The summed E-state index contributed by atoms with van der Waals surface area (Å²) >= 11 is 0. The van der Waals surface area contributed by atoms with Crippen LogP contribution in [0.3, 0.4) is 0 Å². The Hall–Kier alpha value is -3.06. The highest BCUT2D eigenvalue weighted by Crippen LogP contribution is 2.49. The predicted octanol–water partition coefficient (Wildman–Crippen LogP) is 5.89. The minimum absolute atomic E-state index is 1.28. The second-order valence-corrected chi connectivity index (χ2v) is 6.24. The third kappa shape index (κ3) is 1.25. The van der Waals surface area contributed by atoms with Crippen molar-refractivity contribution in [2.45, 2.75) is 0 Å². The average molecular weight is 291 g/mol. The van der Waals surface area contributed by atoms with Crippen LogP contribution >= 0.6 is 0 Å². The molecule has 1 aliphatic rings. The van der Waals surface area contributed by atoms with Crippen LogP contribution < -0.4 is 0 Å². The molecule has 2 aromatic heterocycles. The first-order valence-electron chi connectivity index (χ1n) is 7.98. The van der Waals surface area contributed by atoms with Crippen molar-refractivity contribution in [3.8, 4) is 22.4 Å². The molecule has 1 nitrogen and oxygen atoms in total. The van der Waals surface area contributed by atoms with Crippen molar-refractivity contribution in [2.75, 3.05) is 0 Å². The summed E-state index contributed by atoms with van der Waals surface area (Å²) in [6, 6.07) is 28.6. The zero-order valence-corrected chi connectivity index (χ0v) is 12.5. The number of fused-ring (bicyclic) bond motifs is 8. The third-order valence-corrected chi connectivity index (χ3v) is 5.11. The summed E-state index contributed by atoms with van der Waals surface area (Å²) in [7, 11) is 0. The van der Waals surface area contributed by atoms with Crippen LogP contribution in [-0.4, -0.2) is 4.40 Å². The van der Waals surface area contributed by atoms with Gasteiger partial charge in [-0.15, -0.1) is 0 Å². The van der Waals surface area contributed by atoms with Crippen LogP contribution in [0.1, 0.15) is 0 Å². The molecule has 0 fully saturated rings. The summed E-state index contributed by atoms with van der Waals surface area (Å²) in [5.41, 5.74) is 7.98. The Morgan fingerprint density at radius 3 is 2.26 bits per heavy atom. The number of para-hydroxylation sites is 1. The van der Waals surface area contributed by atoms with Gasteiger partial charge in [0.2, 0.25) is 0 Å². The van der Waals surface area contributed by atoms with Gasteiger partial charge in [-0.25, -0.2) is 0 Å². The maximum atomic E-state index is 2.44. The van der Waals surface area contributed by atoms with E-state index in [1.54, 1.807) is 0 Å². The first kappa shape index (κ1) is 11.5. The van der Waals surface area contributed by atoms with Gasteiger partial charge in [0.05, 0.1) is 16.7 Å². The number of nitrogens with zero attached hydrogens (tertiary/aromatic N) is 1. The number of aromatic nitrogens is 1. The van der Waals surface area contributed by atoms with Gasteiger partial charge in [0.1, 0.15) is 0 Å². The van der Waals surface area contributed by atoms with Gasteiger partial charge in [0.25, 0.3) is 0 Å². The van der Waals surface area contributed by atoms with Gasteiger partial charge in [-0.3, -0.25) is 0 Å². The van der Waals surface area contributed by atoms with Crippen LogP contribution in [-0.2, 0) is 0 Å². The first-order valence-corrected chi connectivity index (χ1v) is 7.98. The van der Waals surface area contributed by atoms with E-state index in [0.717, 1.165) is 0 Å². The molecule has 23 heavy (non-hydrogen) atoms. The molecule has 0 aliphatic heterocycles. The Kier molecular flexibility index (Phi) is 1.91. The Morgan fingerprint density at radius 1 is 0.522 bits per heavy atom. The topological polar surface area (TPSA) is 4.41 Å². The molecule has 106 valence electrons. The summed E-state index contributed by atoms with van der Waals surface area (Å²) in [5, 5.41) is 4.02. The van der Waals surface area contributed by atoms with Gasteiger partial charge in [-0.05, 0) is 28.6 Å². The fourth-order valence-corrected chi connectivity index (χ4v) is 4.19. The molecule has 5 aromatic rings.